The highest BCUT2D eigenvalue weighted by molar-refractivity contribution is 9.11. The van der Waals surface area contributed by atoms with E-state index in [1.165, 1.54) is 15.6 Å². The quantitative estimate of drug-likeness (QED) is 0.0960. The standard InChI is InChI=1S/C19H16Br2Si.C7H8Cl2Si.C6H4Br2/c1-22(17-9-3-2-4-10-17,18-11-5-7-15(20)13-18)19-12-6-8-16(21)14-19;1-10(8,9)7-5-3-2-4-6-7;7-5-2-1-3-6(8)4-5/h2-14H,1H3;2-6H,1H3;1-4H. The van der Waals surface area contributed by atoms with E-state index in [0.717, 1.165) is 23.1 Å². The minimum Gasteiger partial charge on any atom is -0.140 e. The van der Waals surface area contributed by atoms with Crippen LogP contribution in [0.3, 0.4) is 0 Å². The van der Waals surface area contributed by atoms with Crippen molar-refractivity contribution in [3.05, 3.63) is 151 Å². The van der Waals surface area contributed by atoms with Crippen molar-refractivity contribution in [2.75, 3.05) is 0 Å². The van der Waals surface area contributed by atoms with Crippen LogP contribution in [0.15, 0.2) is 151 Å². The summed E-state index contributed by atoms with van der Waals surface area (Å²) < 4.78 is 4.48. The van der Waals surface area contributed by atoms with Crippen LogP contribution in [0.5, 0.6) is 0 Å². The Kier molecular flexibility index (Phi) is 13.4. The second kappa shape index (κ2) is 16.0. The average Bonchev–Trinajstić information content (AvgIpc) is 2.94. The van der Waals surface area contributed by atoms with Gasteiger partial charge in [0.05, 0.1) is 0 Å². The number of rotatable bonds is 4. The van der Waals surface area contributed by atoms with E-state index in [1.54, 1.807) is 0 Å². The van der Waals surface area contributed by atoms with Gasteiger partial charge in [-0.25, -0.2) is 0 Å². The minimum absolute atomic E-state index is 1.07. The number of hydrogen-bond donors (Lipinski definition) is 0. The maximum absolute atomic E-state index is 5.96. The first-order valence-corrected chi connectivity index (χ1v) is 22.6. The smallest absolute Gasteiger partial charge is 0.140 e. The molecule has 0 saturated carbocycles. The summed E-state index contributed by atoms with van der Waals surface area (Å²) in [5.74, 6) is 0. The van der Waals surface area contributed by atoms with Crippen molar-refractivity contribution in [3.8, 4) is 0 Å². The molecule has 40 heavy (non-hydrogen) atoms. The molecular formula is C32H28Br4Cl2Si2. The Balaban J connectivity index is 0.000000201. The van der Waals surface area contributed by atoms with Gasteiger partial charge in [0.2, 0.25) is 0 Å². The maximum atomic E-state index is 5.96. The highest BCUT2D eigenvalue weighted by Gasteiger charge is 2.34. The monoisotopic (exact) mass is 854 g/mol. The lowest BCUT2D eigenvalue weighted by atomic mass is 10.3. The lowest BCUT2D eigenvalue weighted by Gasteiger charge is -2.29. The minimum atomic E-state index is -2.09. The molecule has 0 unspecified atom stereocenters. The normalized spacial score (nSPS) is 11.0. The van der Waals surface area contributed by atoms with Gasteiger partial charge in [0.25, 0.3) is 6.69 Å². The van der Waals surface area contributed by atoms with Crippen molar-refractivity contribution in [2.45, 2.75) is 13.1 Å². The highest BCUT2D eigenvalue weighted by atomic mass is 79.9. The molecule has 0 saturated heterocycles. The van der Waals surface area contributed by atoms with Gasteiger partial charge in [0, 0.05) is 17.9 Å². The van der Waals surface area contributed by atoms with E-state index in [0.29, 0.717) is 0 Å². The van der Waals surface area contributed by atoms with Gasteiger partial charge < -0.3 is 0 Å². The Morgan fingerprint density at radius 1 is 0.400 bits per heavy atom. The van der Waals surface area contributed by atoms with Crippen LogP contribution >= 0.6 is 85.9 Å². The Hall–Kier alpha value is -0.966. The molecule has 0 aliphatic rings. The lowest BCUT2D eigenvalue weighted by molar-refractivity contribution is 1.60. The van der Waals surface area contributed by atoms with Gasteiger partial charge in [-0.05, 0) is 69.8 Å². The van der Waals surface area contributed by atoms with Gasteiger partial charge in [-0.2, -0.15) is 0 Å². The number of hydrogen-bond acceptors (Lipinski definition) is 0. The fourth-order valence-electron chi connectivity index (χ4n) is 4.06. The predicted molar refractivity (Wildman–Crippen MR) is 196 cm³/mol. The number of halogens is 6. The molecule has 5 aromatic carbocycles. The Morgan fingerprint density at radius 2 is 0.725 bits per heavy atom. The van der Waals surface area contributed by atoms with Gasteiger partial charge >= 0.3 is 0 Å². The Bertz CT molecular complexity index is 1430. The summed E-state index contributed by atoms with van der Waals surface area (Å²) in [6, 6.07) is 46.1. The summed E-state index contributed by atoms with van der Waals surface area (Å²) in [7, 11) is -2.00. The second-order valence-corrected chi connectivity index (χ2v) is 24.3. The summed E-state index contributed by atoms with van der Waals surface area (Å²) in [4.78, 5) is 0. The molecule has 0 radical (unpaired) electrons. The van der Waals surface area contributed by atoms with Gasteiger partial charge in [-0.3, -0.25) is 0 Å². The first-order chi connectivity index (χ1) is 19.0. The molecule has 0 aliphatic carbocycles. The maximum Gasteiger partial charge on any atom is 0.277 e. The van der Waals surface area contributed by atoms with Gasteiger partial charge in [-0.1, -0.05) is 161 Å². The summed E-state index contributed by atoms with van der Waals surface area (Å²) in [5, 5.41) is 5.31. The average molecular weight is 859 g/mol. The molecule has 0 spiro atoms. The molecule has 8 heteroatoms. The molecule has 0 atom stereocenters. The van der Waals surface area contributed by atoms with Crippen LogP contribution in [-0.4, -0.2) is 14.8 Å². The SMILES string of the molecule is Brc1cccc(Br)c1.C[Si](Cl)(Cl)c1ccccc1.C[Si](c1ccccc1)(c1cccc(Br)c1)c1cccc(Br)c1. The van der Waals surface area contributed by atoms with Crippen LogP contribution in [0.25, 0.3) is 0 Å². The van der Waals surface area contributed by atoms with Crippen molar-refractivity contribution in [2.24, 2.45) is 0 Å². The van der Waals surface area contributed by atoms with Crippen LogP contribution in [0.1, 0.15) is 0 Å². The molecule has 0 fully saturated rings. The third-order valence-corrected chi connectivity index (χ3v) is 15.3. The zero-order chi connectivity index (χ0) is 29.2. The molecule has 5 aromatic rings. The summed E-state index contributed by atoms with van der Waals surface area (Å²) >= 11 is 25.8. The number of benzene rings is 5. The van der Waals surface area contributed by atoms with Crippen LogP contribution in [0.2, 0.25) is 13.1 Å². The van der Waals surface area contributed by atoms with E-state index in [-0.39, 0.29) is 0 Å². The molecule has 206 valence electrons. The molecule has 0 heterocycles. The topological polar surface area (TPSA) is 0 Å². The van der Waals surface area contributed by atoms with Crippen molar-refractivity contribution in [1.82, 2.24) is 0 Å². The Labute approximate surface area is 283 Å². The summed E-state index contributed by atoms with van der Waals surface area (Å²) in [6.07, 6.45) is 0. The molecule has 0 amide bonds. The third kappa shape index (κ3) is 10.1. The molecule has 0 bridgehead atoms. The van der Waals surface area contributed by atoms with E-state index < -0.39 is 14.8 Å². The summed E-state index contributed by atoms with van der Waals surface area (Å²) in [5.41, 5.74) is 0. The van der Waals surface area contributed by atoms with E-state index in [9.17, 15) is 0 Å². The third-order valence-electron chi connectivity index (χ3n) is 6.22. The zero-order valence-corrected chi connectivity index (χ0v) is 31.8. The van der Waals surface area contributed by atoms with E-state index in [1.807, 2.05) is 61.1 Å². The van der Waals surface area contributed by atoms with Crippen LogP contribution in [0.4, 0.5) is 0 Å². The summed E-state index contributed by atoms with van der Waals surface area (Å²) in [6.45, 7) is 2.23. The fourth-order valence-corrected chi connectivity index (χ4v) is 11.5. The van der Waals surface area contributed by atoms with Crippen molar-refractivity contribution >= 4 is 121 Å². The first-order valence-electron chi connectivity index (χ1n) is 12.4. The van der Waals surface area contributed by atoms with Crippen molar-refractivity contribution in [3.63, 3.8) is 0 Å². The van der Waals surface area contributed by atoms with E-state index in [4.69, 9.17) is 22.2 Å². The van der Waals surface area contributed by atoms with Crippen molar-refractivity contribution in [1.29, 1.82) is 0 Å². The molecule has 5 rings (SSSR count). The fraction of sp³-hybridized carbons (Fsp3) is 0.0625. The van der Waals surface area contributed by atoms with Crippen LogP contribution in [-0.2, 0) is 0 Å². The predicted octanol–water partition coefficient (Wildman–Crippen LogP) is 9.97. The van der Waals surface area contributed by atoms with Gasteiger partial charge in [0.15, 0.2) is 0 Å². The second-order valence-electron chi connectivity index (χ2n) is 9.21. The zero-order valence-electron chi connectivity index (χ0n) is 22.0. The van der Waals surface area contributed by atoms with Crippen LogP contribution < -0.4 is 20.7 Å². The molecular weight excluding hydrogens is 831 g/mol. The lowest BCUT2D eigenvalue weighted by Crippen LogP contribution is -2.64. The Morgan fingerprint density at radius 3 is 1.02 bits per heavy atom. The van der Waals surface area contributed by atoms with Crippen LogP contribution in [0, 0.1) is 0 Å². The largest absolute Gasteiger partial charge is 0.277 e. The molecule has 0 nitrogen and oxygen atoms in total. The first kappa shape index (κ1) is 33.5. The molecule has 0 aromatic heterocycles. The van der Waals surface area contributed by atoms with Gasteiger partial charge in [-0.15, -0.1) is 22.2 Å². The van der Waals surface area contributed by atoms with Gasteiger partial charge in [0.1, 0.15) is 8.07 Å². The van der Waals surface area contributed by atoms with E-state index in [2.05, 4.69) is 149 Å². The molecule has 0 N–H and O–H groups in total. The van der Waals surface area contributed by atoms with Crippen molar-refractivity contribution < 1.29 is 0 Å². The van der Waals surface area contributed by atoms with E-state index >= 15 is 0 Å². The highest BCUT2D eigenvalue weighted by Crippen LogP contribution is 2.16. The molecule has 0 aliphatic heterocycles.